The zero-order valence-corrected chi connectivity index (χ0v) is 21.4. The third kappa shape index (κ3) is 6.72. The molecule has 2 amide bonds. The maximum absolute atomic E-state index is 11.9. The van der Waals surface area contributed by atoms with Crippen LogP contribution >= 0.6 is 0 Å². The van der Waals surface area contributed by atoms with Gasteiger partial charge in [-0.05, 0) is 30.8 Å². The van der Waals surface area contributed by atoms with Crippen molar-refractivity contribution in [3.05, 3.63) is 0 Å². The molecule has 0 aliphatic carbocycles. The predicted octanol–water partition coefficient (Wildman–Crippen LogP) is -2.76. The van der Waals surface area contributed by atoms with Crippen molar-refractivity contribution in [3.8, 4) is 0 Å². The van der Waals surface area contributed by atoms with E-state index in [4.69, 9.17) is 4.12 Å². The first-order valence-electron chi connectivity index (χ1n) is 8.48. The molecule has 1 rings (SSSR count). The minimum Gasteiger partial charge on any atom is -0.846 e. The molecule has 134 valence electrons. The molecule has 0 spiro atoms. The maximum atomic E-state index is 11.9. The van der Waals surface area contributed by atoms with Gasteiger partial charge in [0.1, 0.15) is 15.9 Å². The molecule has 6 nitrogen and oxygen atoms in total. The van der Waals surface area contributed by atoms with Crippen LogP contribution in [-0.2, 0) is 13.7 Å². The molecule has 0 saturated heterocycles. The summed E-state index contributed by atoms with van der Waals surface area (Å²) in [5, 5.41) is 13.1. The number of amides is 2. The normalized spacial score (nSPS) is 21.3. The first kappa shape index (κ1) is 26.2. The van der Waals surface area contributed by atoms with Crippen molar-refractivity contribution in [1.29, 1.82) is 0 Å². The molecule has 2 atom stereocenters. The third-order valence-electron chi connectivity index (χ3n) is 4.58. The van der Waals surface area contributed by atoms with Crippen molar-refractivity contribution in [2.45, 2.75) is 66.0 Å². The number of nitrogens with zero attached hydrogens (tertiary/aromatic N) is 1. The number of hydrogen-bond acceptors (Lipinski definition) is 4. The van der Waals surface area contributed by atoms with Gasteiger partial charge in [0.15, 0.2) is 9.04 Å². The Balaban J connectivity index is 0. The van der Waals surface area contributed by atoms with E-state index in [0.717, 1.165) is 23.3 Å². The van der Waals surface area contributed by atoms with E-state index in [1.54, 1.807) is 6.92 Å². The molecule has 1 aliphatic heterocycles. The Labute approximate surface area is 172 Å². The van der Waals surface area contributed by atoms with E-state index in [1.807, 2.05) is 13.8 Å². The van der Waals surface area contributed by atoms with Crippen LogP contribution in [0.1, 0.15) is 53.9 Å². The summed E-state index contributed by atoms with van der Waals surface area (Å²) in [6.45, 7) is 10.1. The van der Waals surface area contributed by atoms with Crippen LogP contribution in [0.2, 0.25) is 12.1 Å². The van der Waals surface area contributed by atoms with Crippen molar-refractivity contribution >= 4 is 37.4 Å². The minimum absolute atomic E-state index is 0. The molecule has 1 aliphatic rings. The number of carbonyl (C=O) groups excluding carboxylic acids is 2. The van der Waals surface area contributed by atoms with Crippen LogP contribution in [0.5, 0.6) is 0 Å². The van der Waals surface area contributed by atoms with E-state index in [9.17, 15) is 14.7 Å². The van der Waals surface area contributed by atoms with Crippen LogP contribution in [-0.4, -0.2) is 37.4 Å². The zero-order valence-electron chi connectivity index (χ0n) is 16.3. The van der Waals surface area contributed by atoms with Crippen LogP contribution in [0, 0.1) is 11.3 Å². The van der Waals surface area contributed by atoms with Gasteiger partial charge in [-0.2, -0.15) is 0 Å². The molecule has 24 heavy (non-hydrogen) atoms. The second-order valence-corrected chi connectivity index (χ2v) is 10.6. The minimum atomic E-state index is -1.15. The van der Waals surface area contributed by atoms with Crippen molar-refractivity contribution in [2.24, 2.45) is 16.3 Å². The van der Waals surface area contributed by atoms with Gasteiger partial charge in [-0.3, -0.25) is 9.59 Å². The standard InChI is InChI=1S/C11H18N2O3.C4H14OSi2.Na/c1-4-6-7(3)11(5-2)8(14)12-10(16)13-9(11)15;1-3-7(4-2)5-6;/h7H,4-6H2,1-3H3,(H2,12,13,14,15,16);7H,3-4H2,1-2,6H3;/q;;+1/p-1. The fourth-order valence-corrected chi connectivity index (χ4v) is 6.17. The summed E-state index contributed by atoms with van der Waals surface area (Å²) in [6, 6.07) is 1.77. The summed E-state index contributed by atoms with van der Waals surface area (Å²) in [6.07, 6.45) is 2.02. The van der Waals surface area contributed by atoms with Gasteiger partial charge in [-0.25, -0.2) is 4.99 Å². The molecule has 1 N–H and O–H groups in total. The number of amidine groups is 1. The van der Waals surface area contributed by atoms with Crippen LogP contribution in [0.4, 0.5) is 0 Å². The summed E-state index contributed by atoms with van der Waals surface area (Å²) in [7, 11) is 0.344. The van der Waals surface area contributed by atoms with E-state index in [0.29, 0.717) is 6.42 Å². The monoisotopic (exact) mass is 382 g/mol. The average molecular weight is 383 g/mol. The number of nitrogens with one attached hydrogen (secondary N) is 1. The topological polar surface area (TPSA) is 90.8 Å². The average Bonchev–Trinajstić information content (AvgIpc) is 2.50. The Morgan fingerprint density at radius 3 is 2.12 bits per heavy atom. The summed E-state index contributed by atoms with van der Waals surface area (Å²) in [4.78, 5) is 27.1. The van der Waals surface area contributed by atoms with Crippen molar-refractivity contribution < 1.29 is 48.4 Å². The number of hydrogen-bond donors (Lipinski definition) is 1. The fraction of sp³-hybridized carbons (Fsp3) is 0.800. The van der Waals surface area contributed by atoms with Crippen LogP contribution in [0.25, 0.3) is 0 Å². The van der Waals surface area contributed by atoms with Crippen LogP contribution in [0.3, 0.4) is 0 Å². The molecular formula is C15H31N2NaO4Si2. The van der Waals surface area contributed by atoms with Gasteiger partial charge < -0.3 is 14.5 Å². The van der Waals surface area contributed by atoms with Gasteiger partial charge in [0.2, 0.25) is 5.91 Å². The Hall–Kier alpha value is 0.00377. The van der Waals surface area contributed by atoms with E-state index >= 15 is 0 Å². The zero-order chi connectivity index (χ0) is 18.0. The predicted molar refractivity (Wildman–Crippen MR) is 96.5 cm³/mol. The molecule has 1 heterocycles. The molecule has 2 unspecified atom stereocenters. The molecule has 0 fully saturated rings. The number of aliphatic imine (C=N–C) groups is 1. The van der Waals surface area contributed by atoms with Crippen molar-refractivity contribution in [1.82, 2.24) is 5.32 Å². The molecule has 0 bridgehead atoms. The maximum Gasteiger partial charge on any atom is 1.00 e. The number of carbonyl (C=O) groups is 2. The van der Waals surface area contributed by atoms with E-state index in [2.05, 4.69) is 24.2 Å². The van der Waals surface area contributed by atoms with Crippen molar-refractivity contribution in [2.75, 3.05) is 0 Å². The fourth-order valence-electron chi connectivity index (χ4n) is 2.92. The van der Waals surface area contributed by atoms with Gasteiger partial charge in [-0.15, -0.1) is 0 Å². The Bertz CT molecular complexity index is 428. The SMILES string of the molecule is CCCC(C)C1(CC)C(=O)N=C([O-])NC1=O.CC[SiH](CC)O[SiH3].[Na+]. The second-order valence-electron chi connectivity index (χ2n) is 5.87. The third-order valence-corrected chi connectivity index (χ3v) is 9.06. The molecule has 0 saturated carbocycles. The van der Waals surface area contributed by atoms with Crippen LogP contribution in [0.15, 0.2) is 4.99 Å². The van der Waals surface area contributed by atoms with E-state index in [-0.39, 0.29) is 35.5 Å². The van der Waals surface area contributed by atoms with E-state index < -0.39 is 32.3 Å². The molecule has 0 aromatic heterocycles. The Morgan fingerprint density at radius 1 is 1.29 bits per heavy atom. The quantitative estimate of drug-likeness (QED) is 0.382. The largest absolute Gasteiger partial charge is 1.00 e. The summed E-state index contributed by atoms with van der Waals surface area (Å²) in [5.74, 6) is -1.20. The second kappa shape index (κ2) is 13.2. The van der Waals surface area contributed by atoms with Crippen LogP contribution < -0.4 is 40.0 Å². The Morgan fingerprint density at radius 2 is 1.83 bits per heavy atom. The molecule has 0 aromatic carbocycles. The molecule has 0 radical (unpaired) electrons. The van der Waals surface area contributed by atoms with Gasteiger partial charge in [-0.1, -0.05) is 41.0 Å². The first-order valence-corrected chi connectivity index (χ1v) is 11.4. The first-order chi connectivity index (χ1) is 10.8. The molecule has 9 heteroatoms. The number of rotatable bonds is 7. The van der Waals surface area contributed by atoms with Crippen molar-refractivity contribution in [3.63, 3.8) is 0 Å². The van der Waals surface area contributed by atoms with E-state index in [1.165, 1.54) is 12.1 Å². The summed E-state index contributed by atoms with van der Waals surface area (Å²) in [5.41, 5.74) is -1.15. The van der Waals surface area contributed by atoms with Gasteiger partial charge in [0.25, 0.3) is 5.91 Å². The smallest absolute Gasteiger partial charge is 0.846 e. The molecular weight excluding hydrogens is 351 g/mol. The van der Waals surface area contributed by atoms with Gasteiger partial charge >= 0.3 is 29.6 Å². The Kier molecular flexibility index (Phi) is 14.5. The molecule has 0 aromatic rings. The van der Waals surface area contributed by atoms with Gasteiger partial charge in [0.05, 0.1) is 6.02 Å². The summed E-state index contributed by atoms with van der Waals surface area (Å²) >= 11 is 0. The van der Waals surface area contributed by atoms with Gasteiger partial charge in [0, 0.05) is 0 Å². The summed E-state index contributed by atoms with van der Waals surface area (Å²) < 4.78 is 5.33.